The Balaban J connectivity index is 1.76. The molecule has 0 spiro atoms. The summed E-state index contributed by atoms with van der Waals surface area (Å²) in [4.78, 5) is 15.0. The molecule has 0 aliphatic heterocycles. The first-order valence-corrected chi connectivity index (χ1v) is 9.22. The Bertz CT molecular complexity index is 820. The molecule has 3 aromatic rings. The summed E-state index contributed by atoms with van der Waals surface area (Å²) < 4.78 is 5.92. The minimum Gasteiger partial charge on any atom is -0.481 e. The van der Waals surface area contributed by atoms with E-state index in [1.165, 1.54) is 0 Å². The Kier molecular flexibility index (Phi) is 6.26. The van der Waals surface area contributed by atoms with Crippen molar-refractivity contribution in [1.29, 1.82) is 0 Å². The van der Waals surface area contributed by atoms with Crippen molar-refractivity contribution in [3.8, 4) is 5.75 Å². The molecular formula is C24H25NO2. The van der Waals surface area contributed by atoms with Crippen molar-refractivity contribution in [3.05, 3.63) is 102 Å². The van der Waals surface area contributed by atoms with E-state index in [1.807, 2.05) is 104 Å². The minimum atomic E-state index is -0.556. The normalized spacial score (nSPS) is 11.6. The highest BCUT2D eigenvalue weighted by molar-refractivity contribution is 5.81. The molecule has 0 aliphatic rings. The molecule has 3 nitrogen and oxygen atoms in total. The zero-order chi connectivity index (χ0) is 19.1. The van der Waals surface area contributed by atoms with Crippen molar-refractivity contribution in [2.45, 2.75) is 33.0 Å². The van der Waals surface area contributed by atoms with Crippen LogP contribution < -0.4 is 4.74 Å². The molecule has 1 atom stereocenters. The highest BCUT2D eigenvalue weighted by Gasteiger charge is 2.22. The van der Waals surface area contributed by atoms with E-state index in [0.717, 1.165) is 22.4 Å². The Hall–Kier alpha value is -3.07. The smallest absolute Gasteiger partial charge is 0.263 e. The van der Waals surface area contributed by atoms with E-state index < -0.39 is 6.10 Å². The SMILES string of the molecule is Cc1cccc(O[C@H](C)C(=O)N(Cc2ccccc2)Cc2ccccc2)c1. The second kappa shape index (κ2) is 9.04. The summed E-state index contributed by atoms with van der Waals surface area (Å²) in [5, 5.41) is 0. The van der Waals surface area contributed by atoms with Gasteiger partial charge in [0.15, 0.2) is 6.10 Å². The lowest BCUT2D eigenvalue weighted by Gasteiger charge is -2.26. The van der Waals surface area contributed by atoms with Crippen molar-refractivity contribution < 1.29 is 9.53 Å². The molecule has 0 saturated carbocycles. The molecule has 0 N–H and O–H groups in total. The largest absolute Gasteiger partial charge is 0.481 e. The fraction of sp³-hybridized carbons (Fsp3) is 0.208. The van der Waals surface area contributed by atoms with E-state index in [2.05, 4.69) is 0 Å². The van der Waals surface area contributed by atoms with Crippen LogP contribution in [0.1, 0.15) is 23.6 Å². The van der Waals surface area contributed by atoms with Gasteiger partial charge < -0.3 is 9.64 Å². The number of benzene rings is 3. The van der Waals surface area contributed by atoms with Crippen molar-refractivity contribution in [1.82, 2.24) is 4.90 Å². The van der Waals surface area contributed by atoms with Gasteiger partial charge in [-0.05, 0) is 42.7 Å². The van der Waals surface area contributed by atoms with Crippen LogP contribution in [0, 0.1) is 6.92 Å². The maximum Gasteiger partial charge on any atom is 0.263 e. The Morgan fingerprint density at radius 2 is 1.41 bits per heavy atom. The standard InChI is InChI=1S/C24H25NO2/c1-19-10-9-15-23(16-19)27-20(2)24(26)25(17-21-11-5-3-6-12-21)18-22-13-7-4-8-14-22/h3-16,20H,17-18H2,1-2H3/t20-/m1/s1. The Morgan fingerprint density at radius 1 is 0.852 bits per heavy atom. The van der Waals surface area contributed by atoms with E-state index in [0.29, 0.717) is 13.1 Å². The average Bonchev–Trinajstić information content (AvgIpc) is 2.68. The van der Waals surface area contributed by atoms with Crippen LogP contribution in [0.15, 0.2) is 84.9 Å². The molecule has 0 aliphatic carbocycles. The Labute approximate surface area is 161 Å². The van der Waals surface area contributed by atoms with E-state index >= 15 is 0 Å². The van der Waals surface area contributed by atoms with E-state index in [9.17, 15) is 4.79 Å². The van der Waals surface area contributed by atoms with Crippen LogP contribution in [0.25, 0.3) is 0 Å². The van der Waals surface area contributed by atoms with Crippen LogP contribution in [0.4, 0.5) is 0 Å². The fourth-order valence-electron chi connectivity index (χ4n) is 3.02. The van der Waals surface area contributed by atoms with Gasteiger partial charge in [-0.25, -0.2) is 0 Å². The summed E-state index contributed by atoms with van der Waals surface area (Å²) in [6.07, 6.45) is -0.556. The number of hydrogen-bond acceptors (Lipinski definition) is 2. The molecule has 138 valence electrons. The van der Waals surface area contributed by atoms with Gasteiger partial charge in [0.2, 0.25) is 0 Å². The quantitative estimate of drug-likeness (QED) is 0.595. The average molecular weight is 359 g/mol. The number of nitrogens with zero attached hydrogens (tertiary/aromatic N) is 1. The third-order valence-electron chi connectivity index (χ3n) is 4.39. The van der Waals surface area contributed by atoms with Gasteiger partial charge in [-0.1, -0.05) is 72.8 Å². The second-order valence-electron chi connectivity index (χ2n) is 6.74. The lowest BCUT2D eigenvalue weighted by molar-refractivity contribution is -0.139. The Morgan fingerprint density at radius 3 is 1.93 bits per heavy atom. The second-order valence-corrected chi connectivity index (χ2v) is 6.74. The van der Waals surface area contributed by atoms with Crippen LogP contribution in [0.3, 0.4) is 0 Å². The van der Waals surface area contributed by atoms with Crippen molar-refractivity contribution in [2.75, 3.05) is 0 Å². The molecule has 0 bridgehead atoms. The van der Waals surface area contributed by atoms with Gasteiger partial charge in [0.05, 0.1) is 0 Å². The van der Waals surface area contributed by atoms with Crippen LogP contribution in [-0.4, -0.2) is 16.9 Å². The molecular weight excluding hydrogens is 334 g/mol. The van der Waals surface area contributed by atoms with Gasteiger partial charge in [-0.3, -0.25) is 4.79 Å². The molecule has 27 heavy (non-hydrogen) atoms. The molecule has 3 aromatic carbocycles. The van der Waals surface area contributed by atoms with E-state index in [4.69, 9.17) is 4.74 Å². The third-order valence-corrected chi connectivity index (χ3v) is 4.39. The first-order valence-electron chi connectivity index (χ1n) is 9.22. The topological polar surface area (TPSA) is 29.5 Å². The summed E-state index contributed by atoms with van der Waals surface area (Å²) in [6.45, 7) is 4.93. The number of carbonyl (C=O) groups is 1. The summed E-state index contributed by atoms with van der Waals surface area (Å²) in [5.41, 5.74) is 3.31. The van der Waals surface area contributed by atoms with Gasteiger partial charge in [0.1, 0.15) is 5.75 Å². The molecule has 0 unspecified atom stereocenters. The molecule has 0 radical (unpaired) electrons. The van der Waals surface area contributed by atoms with Gasteiger partial charge in [-0.15, -0.1) is 0 Å². The summed E-state index contributed by atoms with van der Waals surface area (Å²) in [6, 6.07) is 27.9. The van der Waals surface area contributed by atoms with E-state index in [-0.39, 0.29) is 5.91 Å². The number of carbonyl (C=O) groups excluding carboxylic acids is 1. The number of ether oxygens (including phenoxy) is 1. The van der Waals surface area contributed by atoms with Gasteiger partial charge in [-0.2, -0.15) is 0 Å². The van der Waals surface area contributed by atoms with Gasteiger partial charge in [0.25, 0.3) is 5.91 Å². The molecule has 3 heteroatoms. The first kappa shape index (κ1) is 18.7. The molecule has 1 amide bonds. The lowest BCUT2D eigenvalue weighted by atomic mass is 10.1. The molecule has 0 saturated heterocycles. The minimum absolute atomic E-state index is 0.0239. The van der Waals surface area contributed by atoms with Gasteiger partial charge in [0, 0.05) is 13.1 Å². The van der Waals surface area contributed by atoms with Crippen LogP contribution >= 0.6 is 0 Å². The first-order chi connectivity index (χ1) is 13.1. The summed E-state index contributed by atoms with van der Waals surface area (Å²) >= 11 is 0. The number of hydrogen-bond donors (Lipinski definition) is 0. The summed E-state index contributed by atoms with van der Waals surface area (Å²) in [7, 11) is 0. The maximum atomic E-state index is 13.1. The predicted molar refractivity (Wildman–Crippen MR) is 108 cm³/mol. The number of rotatable bonds is 7. The van der Waals surface area contributed by atoms with Crippen molar-refractivity contribution in [3.63, 3.8) is 0 Å². The summed E-state index contributed by atoms with van der Waals surface area (Å²) in [5.74, 6) is 0.694. The molecule has 0 heterocycles. The monoisotopic (exact) mass is 359 g/mol. The fourth-order valence-corrected chi connectivity index (χ4v) is 3.02. The molecule has 3 rings (SSSR count). The van der Waals surface area contributed by atoms with Gasteiger partial charge >= 0.3 is 0 Å². The molecule has 0 fully saturated rings. The van der Waals surface area contributed by atoms with Crippen molar-refractivity contribution in [2.24, 2.45) is 0 Å². The van der Waals surface area contributed by atoms with Crippen LogP contribution in [-0.2, 0) is 17.9 Å². The lowest BCUT2D eigenvalue weighted by Crippen LogP contribution is -2.39. The van der Waals surface area contributed by atoms with Crippen molar-refractivity contribution >= 4 is 5.91 Å². The highest BCUT2D eigenvalue weighted by atomic mass is 16.5. The number of aryl methyl sites for hydroxylation is 1. The zero-order valence-electron chi connectivity index (χ0n) is 15.8. The zero-order valence-corrected chi connectivity index (χ0v) is 15.8. The third kappa shape index (κ3) is 5.45. The molecule has 0 aromatic heterocycles. The predicted octanol–water partition coefficient (Wildman–Crippen LogP) is 4.99. The van der Waals surface area contributed by atoms with E-state index in [1.54, 1.807) is 0 Å². The number of amides is 1. The highest BCUT2D eigenvalue weighted by Crippen LogP contribution is 2.17. The van der Waals surface area contributed by atoms with Crippen LogP contribution in [0.2, 0.25) is 0 Å². The van der Waals surface area contributed by atoms with Crippen LogP contribution in [0.5, 0.6) is 5.75 Å². The maximum absolute atomic E-state index is 13.1.